The molecule has 3 atom stereocenters. The van der Waals surface area contributed by atoms with Crippen LogP contribution in [-0.4, -0.2) is 41.4 Å². The van der Waals surface area contributed by atoms with Gasteiger partial charge in [-0.3, -0.25) is 14.4 Å². The Morgan fingerprint density at radius 2 is 1.56 bits per heavy atom. The van der Waals surface area contributed by atoms with Gasteiger partial charge in [0.15, 0.2) is 0 Å². The van der Waals surface area contributed by atoms with Crippen molar-refractivity contribution in [3.05, 3.63) is 0 Å². The Labute approximate surface area is 145 Å². The van der Waals surface area contributed by atoms with E-state index in [2.05, 4.69) is 19.6 Å². The van der Waals surface area contributed by atoms with Crippen molar-refractivity contribution in [3.63, 3.8) is 0 Å². The molecule has 2 fully saturated rings. The van der Waals surface area contributed by atoms with Gasteiger partial charge in [-0.1, -0.05) is 34.6 Å². The van der Waals surface area contributed by atoms with Gasteiger partial charge in [0, 0.05) is 13.0 Å². The highest BCUT2D eigenvalue weighted by Crippen LogP contribution is 2.64. The van der Waals surface area contributed by atoms with Gasteiger partial charge in [0.2, 0.25) is 11.8 Å². The Kier molecular flexibility index (Phi) is 5.52. The van der Waals surface area contributed by atoms with E-state index >= 15 is 0 Å². The van der Waals surface area contributed by atoms with Gasteiger partial charge in [0.25, 0.3) is 0 Å². The minimum atomic E-state index is -4.86. The van der Waals surface area contributed by atoms with Crippen LogP contribution in [-0.2, 0) is 14.4 Å². The fourth-order valence-corrected chi connectivity index (χ4v) is 3.42. The minimum absolute atomic E-state index is 0.0540. The number of likely N-dealkylation sites (tertiary alicyclic amines) is 1. The van der Waals surface area contributed by atoms with E-state index in [0.29, 0.717) is 18.9 Å². The van der Waals surface area contributed by atoms with Crippen molar-refractivity contribution in [1.29, 1.82) is 0 Å². The third-order valence-electron chi connectivity index (χ3n) is 4.78. The normalized spacial score (nSPS) is 27.0. The highest BCUT2D eigenvalue weighted by molar-refractivity contribution is 5.88. The van der Waals surface area contributed by atoms with E-state index in [0.717, 1.165) is 0 Å². The molecule has 6 nitrogen and oxygen atoms in total. The number of hydrogen-bond donors (Lipinski definition) is 2. The SMILES string of the molecule is CC(C)(C)CC(=O)N1CC2C([C@H]1C(N)=O)C2(C)C.NC(=O)C(F)(F)F. The van der Waals surface area contributed by atoms with E-state index in [4.69, 9.17) is 10.5 Å². The summed E-state index contributed by atoms with van der Waals surface area (Å²) in [6, 6.07) is -0.389. The van der Waals surface area contributed by atoms with E-state index in [9.17, 15) is 22.8 Å². The van der Waals surface area contributed by atoms with Crippen LogP contribution in [0.15, 0.2) is 0 Å². The van der Waals surface area contributed by atoms with Crippen LogP contribution >= 0.6 is 0 Å². The van der Waals surface area contributed by atoms with Gasteiger partial charge in [0.1, 0.15) is 6.04 Å². The monoisotopic (exact) mass is 365 g/mol. The zero-order chi connectivity index (χ0) is 20.0. The van der Waals surface area contributed by atoms with Gasteiger partial charge in [0.05, 0.1) is 0 Å². The molecule has 0 bridgehead atoms. The molecule has 4 N–H and O–H groups in total. The lowest BCUT2D eigenvalue weighted by atomic mass is 9.91. The Morgan fingerprint density at radius 3 is 1.88 bits per heavy atom. The molecule has 1 saturated heterocycles. The smallest absolute Gasteiger partial charge is 0.368 e. The fraction of sp³-hybridized carbons (Fsp3) is 0.812. The van der Waals surface area contributed by atoms with Crippen LogP contribution in [0, 0.1) is 22.7 Å². The number of piperidine rings is 1. The first kappa shape index (κ1) is 21.2. The van der Waals surface area contributed by atoms with Crippen molar-refractivity contribution in [2.75, 3.05) is 6.54 Å². The largest absolute Gasteiger partial charge is 0.470 e. The first-order chi connectivity index (χ1) is 11.0. The average Bonchev–Trinajstić information content (AvgIpc) is 2.76. The van der Waals surface area contributed by atoms with Gasteiger partial charge in [-0.2, -0.15) is 13.2 Å². The summed E-state index contributed by atoms with van der Waals surface area (Å²) in [7, 11) is 0. The number of halogens is 3. The topological polar surface area (TPSA) is 106 Å². The summed E-state index contributed by atoms with van der Waals surface area (Å²) in [5, 5.41) is 0. The van der Waals surface area contributed by atoms with E-state index < -0.39 is 12.1 Å². The molecule has 0 radical (unpaired) electrons. The van der Waals surface area contributed by atoms with Crippen LogP contribution in [0.1, 0.15) is 41.0 Å². The van der Waals surface area contributed by atoms with Crippen LogP contribution in [0.4, 0.5) is 13.2 Å². The predicted octanol–water partition coefficient (Wildman–Crippen LogP) is 1.42. The Bertz CT molecular complexity index is 567. The van der Waals surface area contributed by atoms with Crippen molar-refractivity contribution < 1.29 is 27.6 Å². The molecule has 1 heterocycles. The van der Waals surface area contributed by atoms with Crippen molar-refractivity contribution >= 4 is 17.7 Å². The molecule has 2 aliphatic rings. The molecule has 25 heavy (non-hydrogen) atoms. The second-order valence-electron chi connectivity index (χ2n) is 8.45. The van der Waals surface area contributed by atoms with Gasteiger partial charge in [-0.15, -0.1) is 0 Å². The number of carbonyl (C=O) groups excluding carboxylic acids is 3. The highest BCUT2D eigenvalue weighted by Gasteiger charge is 2.68. The lowest BCUT2D eigenvalue weighted by molar-refractivity contribution is -0.169. The van der Waals surface area contributed by atoms with E-state index in [-0.39, 0.29) is 34.6 Å². The van der Waals surface area contributed by atoms with Crippen LogP contribution in [0.5, 0.6) is 0 Å². The maximum absolute atomic E-state index is 12.3. The number of primary amides is 2. The number of hydrogen-bond acceptors (Lipinski definition) is 3. The molecule has 0 aromatic carbocycles. The summed E-state index contributed by atoms with van der Waals surface area (Å²) in [4.78, 5) is 34.7. The number of nitrogens with two attached hydrogens (primary N) is 2. The third kappa shape index (κ3) is 4.85. The number of alkyl halides is 3. The van der Waals surface area contributed by atoms with Gasteiger partial charge in [-0.25, -0.2) is 0 Å². The van der Waals surface area contributed by atoms with Gasteiger partial charge < -0.3 is 16.4 Å². The van der Waals surface area contributed by atoms with E-state index in [1.54, 1.807) is 4.90 Å². The van der Waals surface area contributed by atoms with Crippen molar-refractivity contribution in [2.45, 2.75) is 53.3 Å². The Hall–Kier alpha value is -1.80. The average molecular weight is 365 g/mol. The van der Waals surface area contributed by atoms with Crippen LogP contribution in [0.2, 0.25) is 0 Å². The summed E-state index contributed by atoms with van der Waals surface area (Å²) in [6.07, 6.45) is -4.39. The summed E-state index contributed by atoms with van der Waals surface area (Å²) in [5.74, 6) is -1.84. The molecule has 144 valence electrons. The third-order valence-corrected chi connectivity index (χ3v) is 4.78. The zero-order valence-electron chi connectivity index (χ0n) is 15.1. The maximum atomic E-state index is 12.3. The summed E-state index contributed by atoms with van der Waals surface area (Å²) in [6.45, 7) is 11.1. The number of fused-ring (bicyclic) bond motifs is 1. The summed E-state index contributed by atoms with van der Waals surface area (Å²) >= 11 is 0. The Morgan fingerprint density at radius 1 is 1.12 bits per heavy atom. The zero-order valence-corrected chi connectivity index (χ0v) is 15.1. The molecule has 2 rings (SSSR count). The molecule has 1 aliphatic carbocycles. The molecular weight excluding hydrogens is 339 g/mol. The predicted molar refractivity (Wildman–Crippen MR) is 84.8 cm³/mol. The summed E-state index contributed by atoms with van der Waals surface area (Å²) < 4.78 is 32.1. The Balaban J connectivity index is 0.000000381. The molecular formula is C16H26F3N3O3. The first-order valence-electron chi connectivity index (χ1n) is 7.95. The lowest BCUT2D eigenvalue weighted by Crippen LogP contribution is -2.48. The maximum Gasteiger partial charge on any atom is 0.470 e. The molecule has 9 heteroatoms. The second kappa shape index (κ2) is 6.49. The van der Waals surface area contributed by atoms with E-state index in [1.165, 1.54) is 0 Å². The fourth-order valence-electron chi connectivity index (χ4n) is 3.42. The van der Waals surface area contributed by atoms with Crippen LogP contribution in [0.3, 0.4) is 0 Å². The van der Waals surface area contributed by atoms with Crippen molar-refractivity contribution in [3.8, 4) is 0 Å². The number of carbonyl (C=O) groups is 3. The molecule has 3 amide bonds. The standard InChI is InChI=1S/C14H24N2O2.C2H2F3NO/c1-13(2,3)6-9(17)16-7-8-10(14(8,4)5)11(16)12(15)18;3-2(4,5)1(6)7/h8,10-11H,6-7H2,1-5H3,(H2,15,18);(H2,6,7)/t8?,10?,11-;/m0./s1. The van der Waals surface area contributed by atoms with Crippen molar-refractivity contribution in [2.24, 2.45) is 34.1 Å². The highest BCUT2D eigenvalue weighted by atomic mass is 19.4. The molecule has 2 unspecified atom stereocenters. The molecule has 0 spiro atoms. The molecule has 0 aromatic rings. The second-order valence-corrected chi connectivity index (χ2v) is 8.45. The molecule has 1 aliphatic heterocycles. The van der Waals surface area contributed by atoms with E-state index in [1.807, 2.05) is 20.8 Å². The lowest BCUT2D eigenvalue weighted by Gasteiger charge is -2.31. The number of amides is 3. The number of nitrogens with zero attached hydrogens (tertiary/aromatic N) is 1. The van der Waals surface area contributed by atoms with Crippen molar-refractivity contribution in [1.82, 2.24) is 4.90 Å². The molecule has 0 aromatic heterocycles. The quantitative estimate of drug-likeness (QED) is 0.773. The number of rotatable bonds is 2. The first-order valence-corrected chi connectivity index (χ1v) is 7.95. The summed E-state index contributed by atoms with van der Waals surface area (Å²) in [5.41, 5.74) is 9.41. The van der Waals surface area contributed by atoms with Crippen LogP contribution < -0.4 is 11.5 Å². The van der Waals surface area contributed by atoms with Gasteiger partial charge in [-0.05, 0) is 22.7 Å². The van der Waals surface area contributed by atoms with Crippen LogP contribution in [0.25, 0.3) is 0 Å². The van der Waals surface area contributed by atoms with Gasteiger partial charge >= 0.3 is 12.1 Å². The molecule has 1 saturated carbocycles. The minimum Gasteiger partial charge on any atom is -0.368 e.